The zero-order valence-electron chi connectivity index (χ0n) is 31.8. The van der Waals surface area contributed by atoms with Crippen LogP contribution in [0.5, 0.6) is 5.75 Å². The predicted molar refractivity (Wildman–Crippen MR) is 215 cm³/mol. The van der Waals surface area contributed by atoms with Crippen LogP contribution in [-0.2, 0) is 33.6 Å². The van der Waals surface area contributed by atoms with E-state index in [2.05, 4.69) is 16.0 Å². The van der Waals surface area contributed by atoms with Crippen LogP contribution in [0.3, 0.4) is 0 Å². The summed E-state index contributed by atoms with van der Waals surface area (Å²) in [7, 11) is 0. The number of aliphatic hydroxyl groups excluding tert-OH is 1. The SMILES string of the molecule is Cc1cccc(C)c1OCC(=O)N[C@@H](Cc1ccccc1)C[C@H](O)[C@H](Cc1ccccc1)NC(=O)[C@H](CC(C)C)NC(=O)Cc1ccc2ccccc2c1. The van der Waals surface area contributed by atoms with Crippen molar-refractivity contribution in [1.29, 1.82) is 0 Å². The van der Waals surface area contributed by atoms with Crippen LogP contribution >= 0.6 is 0 Å². The minimum atomic E-state index is -1.03. The Morgan fingerprint density at radius 2 is 1.24 bits per heavy atom. The molecule has 0 aromatic heterocycles. The number of benzene rings is 5. The van der Waals surface area contributed by atoms with Crippen LogP contribution in [0.2, 0.25) is 0 Å². The summed E-state index contributed by atoms with van der Waals surface area (Å²) >= 11 is 0. The number of rotatable bonds is 18. The number of hydrogen-bond acceptors (Lipinski definition) is 5. The fourth-order valence-electron chi connectivity index (χ4n) is 6.90. The first-order valence-corrected chi connectivity index (χ1v) is 18.9. The number of carbonyl (C=O) groups is 3. The van der Waals surface area contributed by atoms with Gasteiger partial charge in [-0.05, 0) is 84.0 Å². The van der Waals surface area contributed by atoms with E-state index in [9.17, 15) is 19.5 Å². The number of nitrogens with one attached hydrogen (secondary N) is 3. The molecule has 0 saturated carbocycles. The third-order valence-electron chi connectivity index (χ3n) is 9.60. The van der Waals surface area contributed by atoms with Crippen molar-refractivity contribution in [2.24, 2.45) is 5.92 Å². The number of ether oxygens (including phenoxy) is 1. The van der Waals surface area contributed by atoms with Crippen molar-refractivity contribution in [3.8, 4) is 5.75 Å². The van der Waals surface area contributed by atoms with Crippen LogP contribution in [0.1, 0.15) is 54.5 Å². The van der Waals surface area contributed by atoms with Crippen molar-refractivity contribution in [3.63, 3.8) is 0 Å². The van der Waals surface area contributed by atoms with Gasteiger partial charge in [0.15, 0.2) is 6.61 Å². The van der Waals surface area contributed by atoms with Crippen LogP contribution < -0.4 is 20.7 Å². The maximum atomic E-state index is 14.1. The lowest BCUT2D eigenvalue weighted by Crippen LogP contribution is -2.55. The molecule has 0 aliphatic carbocycles. The van der Waals surface area contributed by atoms with Gasteiger partial charge in [0.2, 0.25) is 11.8 Å². The van der Waals surface area contributed by atoms with Gasteiger partial charge in [-0.15, -0.1) is 0 Å². The Labute approximate surface area is 319 Å². The highest BCUT2D eigenvalue weighted by Crippen LogP contribution is 2.22. The molecule has 0 fully saturated rings. The normalized spacial score (nSPS) is 13.4. The summed E-state index contributed by atoms with van der Waals surface area (Å²) in [6.45, 7) is 7.73. The van der Waals surface area contributed by atoms with Crippen molar-refractivity contribution >= 4 is 28.5 Å². The number of amides is 3. The van der Waals surface area contributed by atoms with Crippen molar-refractivity contribution in [2.45, 2.75) is 84.0 Å². The van der Waals surface area contributed by atoms with Gasteiger partial charge < -0.3 is 25.8 Å². The first-order chi connectivity index (χ1) is 26.0. The van der Waals surface area contributed by atoms with Crippen molar-refractivity contribution in [2.75, 3.05) is 6.61 Å². The summed E-state index contributed by atoms with van der Waals surface area (Å²) in [6.07, 6.45) is 0.531. The fourth-order valence-corrected chi connectivity index (χ4v) is 6.90. The van der Waals surface area contributed by atoms with Crippen molar-refractivity contribution in [1.82, 2.24) is 16.0 Å². The zero-order chi connectivity index (χ0) is 38.5. The Kier molecular flexibility index (Phi) is 14.4. The van der Waals surface area contributed by atoms with Crippen LogP contribution in [0.25, 0.3) is 10.8 Å². The molecule has 5 rings (SSSR count). The highest BCUT2D eigenvalue weighted by molar-refractivity contribution is 5.89. The number of aliphatic hydroxyl groups is 1. The minimum absolute atomic E-state index is 0.121. The molecule has 0 saturated heterocycles. The van der Waals surface area contributed by atoms with E-state index >= 15 is 0 Å². The Hall–Kier alpha value is -5.47. The second-order valence-electron chi connectivity index (χ2n) is 14.7. The molecule has 0 spiro atoms. The molecule has 8 heteroatoms. The lowest BCUT2D eigenvalue weighted by Gasteiger charge is -2.30. The Morgan fingerprint density at radius 1 is 0.630 bits per heavy atom. The van der Waals surface area contributed by atoms with Crippen molar-refractivity contribution < 1.29 is 24.2 Å². The quantitative estimate of drug-likeness (QED) is 0.0792. The van der Waals surface area contributed by atoms with Crippen LogP contribution in [0.4, 0.5) is 0 Å². The smallest absolute Gasteiger partial charge is 0.258 e. The lowest BCUT2D eigenvalue weighted by atomic mass is 9.93. The molecule has 0 aliphatic heterocycles. The average Bonchev–Trinajstić information content (AvgIpc) is 3.14. The standard InChI is InChI=1S/C46H53N3O5/c1-31(2)24-41(48-43(51)28-36-22-23-37-20-11-12-21-38(37)25-36)46(53)49-40(27-35-18-9-6-10-19-35)42(50)29-39(26-34-16-7-5-8-17-34)47-44(52)30-54-45-32(3)14-13-15-33(45)4/h5-23,25,31,39-42,50H,24,26-30H2,1-4H3,(H,47,52)(H,48,51)(H,49,53)/t39-,40-,41-,42-/m0/s1. The highest BCUT2D eigenvalue weighted by Gasteiger charge is 2.30. The number of para-hydroxylation sites is 1. The Bertz CT molecular complexity index is 1960. The predicted octanol–water partition coefficient (Wildman–Crippen LogP) is 6.82. The summed E-state index contributed by atoms with van der Waals surface area (Å²) < 4.78 is 5.94. The molecule has 0 bridgehead atoms. The highest BCUT2D eigenvalue weighted by atomic mass is 16.5. The largest absolute Gasteiger partial charge is 0.483 e. The van der Waals surface area contributed by atoms with Gasteiger partial charge in [-0.1, -0.05) is 135 Å². The first-order valence-electron chi connectivity index (χ1n) is 18.9. The lowest BCUT2D eigenvalue weighted by molar-refractivity contribution is -0.130. The average molecular weight is 728 g/mol. The molecule has 282 valence electrons. The van der Waals surface area contributed by atoms with E-state index in [0.29, 0.717) is 25.0 Å². The van der Waals surface area contributed by atoms with Crippen LogP contribution in [0.15, 0.2) is 121 Å². The van der Waals surface area contributed by atoms with E-state index in [-0.39, 0.29) is 43.1 Å². The summed E-state index contributed by atoms with van der Waals surface area (Å²) in [5.74, 6) is -0.115. The molecule has 0 aliphatic rings. The summed E-state index contributed by atoms with van der Waals surface area (Å²) in [5.41, 5.74) is 4.69. The van der Waals surface area contributed by atoms with Gasteiger partial charge >= 0.3 is 0 Å². The maximum Gasteiger partial charge on any atom is 0.258 e. The minimum Gasteiger partial charge on any atom is -0.483 e. The van der Waals surface area contributed by atoms with Crippen LogP contribution in [0, 0.1) is 19.8 Å². The zero-order valence-corrected chi connectivity index (χ0v) is 31.8. The second kappa shape index (κ2) is 19.6. The number of fused-ring (bicyclic) bond motifs is 1. The van der Waals surface area contributed by atoms with Gasteiger partial charge in [0.05, 0.1) is 18.6 Å². The summed E-state index contributed by atoms with van der Waals surface area (Å²) in [6, 6.07) is 37.3. The Balaban J connectivity index is 1.31. The molecule has 4 atom stereocenters. The molecule has 5 aromatic carbocycles. The number of carbonyl (C=O) groups excluding carboxylic acids is 3. The maximum absolute atomic E-state index is 14.1. The molecule has 0 radical (unpaired) electrons. The molecule has 4 N–H and O–H groups in total. The van der Waals surface area contributed by atoms with Crippen molar-refractivity contribution in [3.05, 3.63) is 149 Å². The van der Waals surface area contributed by atoms with E-state index in [0.717, 1.165) is 38.6 Å². The van der Waals surface area contributed by atoms with E-state index in [4.69, 9.17) is 4.74 Å². The molecule has 8 nitrogen and oxygen atoms in total. The van der Waals surface area contributed by atoms with Gasteiger partial charge in [-0.25, -0.2) is 0 Å². The molecular formula is C46H53N3O5. The summed E-state index contributed by atoms with van der Waals surface area (Å²) in [4.78, 5) is 40.7. The molecule has 54 heavy (non-hydrogen) atoms. The van der Waals surface area contributed by atoms with Gasteiger partial charge in [0, 0.05) is 6.04 Å². The van der Waals surface area contributed by atoms with Gasteiger partial charge in [0.25, 0.3) is 5.91 Å². The topological polar surface area (TPSA) is 117 Å². The Morgan fingerprint density at radius 3 is 1.89 bits per heavy atom. The second-order valence-corrected chi connectivity index (χ2v) is 14.7. The molecule has 5 aromatic rings. The van der Waals surface area contributed by atoms with E-state index in [1.807, 2.05) is 149 Å². The number of hydrogen-bond donors (Lipinski definition) is 4. The third-order valence-corrected chi connectivity index (χ3v) is 9.60. The van der Waals surface area contributed by atoms with E-state index in [1.54, 1.807) is 0 Å². The van der Waals surface area contributed by atoms with Gasteiger partial charge in [0.1, 0.15) is 11.8 Å². The fraction of sp³-hybridized carbons (Fsp3) is 0.326. The molecule has 3 amide bonds. The van der Waals surface area contributed by atoms with Gasteiger partial charge in [-0.2, -0.15) is 0 Å². The monoisotopic (exact) mass is 727 g/mol. The van der Waals surface area contributed by atoms with E-state index < -0.39 is 24.2 Å². The molecular weight excluding hydrogens is 675 g/mol. The molecule has 0 heterocycles. The number of aryl methyl sites for hydroxylation is 2. The third kappa shape index (κ3) is 12.0. The van der Waals surface area contributed by atoms with E-state index in [1.165, 1.54) is 0 Å². The van der Waals surface area contributed by atoms with Crippen LogP contribution in [-0.4, -0.2) is 53.7 Å². The van der Waals surface area contributed by atoms with Gasteiger partial charge in [-0.3, -0.25) is 14.4 Å². The summed E-state index contributed by atoms with van der Waals surface area (Å²) in [5, 5.41) is 23.2. The first kappa shape index (κ1) is 39.7. The molecule has 0 unspecified atom stereocenters.